The zero-order valence-electron chi connectivity index (χ0n) is 12.6. The molecule has 21 heavy (non-hydrogen) atoms. The molecule has 0 fully saturated rings. The highest BCUT2D eigenvalue weighted by molar-refractivity contribution is 5.86. The molecule has 0 heterocycles. The fourth-order valence-electron chi connectivity index (χ4n) is 1.55. The lowest BCUT2D eigenvalue weighted by atomic mass is 10.2. The van der Waals surface area contributed by atoms with Gasteiger partial charge in [0.2, 0.25) is 0 Å². The zero-order chi connectivity index (χ0) is 15.2. The monoisotopic (exact) mass is 292 g/mol. The van der Waals surface area contributed by atoms with Crippen LogP contribution in [0.15, 0.2) is 36.4 Å². The first-order valence-corrected chi connectivity index (χ1v) is 7.38. The number of rotatable bonds is 11. The molecule has 0 bridgehead atoms. The van der Waals surface area contributed by atoms with Gasteiger partial charge in [0.25, 0.3) is 0 Å². The van der Waals surface area contributed by atoms with Gasteiger partial charge in [-0.2, -0.15) is 0 Å². The summed E-state index contributed by atoms with van der Waals surface area (Å²) in [6.07, 6.45) is 5.35. The summed E-state index contributed by atoms with van der Waals surface area (Å²) in [6.45, 7) is 4.66. The fourth-order valence-corrected chi connectivity index (χ4v) is 1.55. The SMILES string of the molecule is CCCCOCCOCCOC(=O)C=Cc1ccccc1. The predicted octanol–water partition coefficient (Wildman–Crippen LogP) is 3.08. The van der Waals surface area contributed by atoms with Gasteiger partial charge in [0.15, 0.2) is 0 Å². The Labute approximate surface area is 126 Å². The fraction of sp³-hybridized carbons (Fsp3) is 0.471. The van der Waals surface area contributed by atoms with Crippen molar-refractivity contribution in [2.45, 2.75) is 19.8 Å². The van der Waals surface area contributed by atoms with Crippen molar-refractivity contribution in [1.29, 1.82) is 0 Å². The Balaban J connectivity index is 1.97. The van der Waals surface area contributed by atoms with Gasteiger partial charge in [-0.1, -0.05) is 43.7 Å². The first-order chi connectivity index (χ1) is 10.3. The molecule has 116 valence electrons. The molecule has 0 spiro atoms. The molecule has 0 unspecified atom stereocenters. The first kappa shape index (κ1) is 17.4. The smallest absolute Gasteiger partial charge is 0.330 e. The summed E-state index contributed by atoms with van der Waals surface area (Å²) in [6, 6.07) is 9.61. The second kappa shape index (κ2) is 12.1. The van der Waals surface area contributed by atoms with E-state index in [0.29, 0.717) is 19.8 Å². The van der Waals surface area contributed by atoms with Gasteiger partial charge < -0.3 is 14.2 Å². The number of ether oxygens (including phenoxy) is 3. The summed E-state index contributed by atoms with van der Waals surface area (Å²) < 4.78 is 15.7. The quantitative estimate of drug-likeness (QED) is 0.357. The second-order valence-electron chi connectivity index (χ2n) is 4.49. The molecule has 0 aliphatic heterocycles. The Bertz CT molecular complexity index is 401. The van der Waals surface area contributed by atoms with Gasteiger partial charge in [-0.05, 0) is 18.1 Å². The summed E-state index contributed by atoms with van der Waals surface area (Å²) in [5.41, 5.74) is 0.968. The molecule has 0 aliphatic carbocycles. The Hall–Kier alpha value is -1.65. The number of benzene rings is 1. The van der Waals surface area contributed by atoms with Gasteiger partial charge in [0, 0.05) is 12.7 Å². The van der Waals surface area contributed by atoms with Crippen LogP contribution in [0.3, 0.4) is 0 Å². The summed E-state index contributed by atoms with van der Waals surface area (Å²) in [4.78, 5) is 11.4. The van der Waals surface area contributed by atoms with E-state index in [1.807, 2.05) is 30.3 Å². The van der Waals surface area contributed by atoms with Crippen molar-refractivity contribution in [3.63, 3.8) is 0 Å². The van der Waals surface area contributed by atoms with E-state index in [1.165, 1.54) is 6.08 Å². The van der Waals surface area contributed by atoms with Crippen LogP contribution in [0.2, 0.25) is 0 Å². The molecule has 0 atom stereocenters. The van der Waals surface area contributed by atoms with Crippen molar-refractivity contribution >= 4 is 12.0 Å². The van der Waals surface area contributed by atoms with Crippen LogP contribution in [0.25, 0.3) is 6.08 Å². The van der Waals surface area contributed by atoms with Gasteiger partial charge in [0.05, 0.1) is 19.8 Å². The molecule has 1 aromatic rings. The van der Waals surface area contributed by atoms with E-state index < -0.39 is 0 Å². The summed E-state index contributed by atoms with van der Waals surface area (Å²) >= 11 is 0. The van der Waals surface area contributed by atoms with Gasteiger partial charge in [-0.25, -0.2) is 4.79 Å². The highest BCUT2D eigenvalue weighted by atomic mass is 16.6. The molecule has 0 saturated heterocycles. The standard InChI is InChI=1S/C17H24O4/c1-2-3-11-19-12-13-20-14-15-21-17(18)10-9-16-7-5-4-6-8-16/h4-10H,2-3,11-15H2,1H3. The minimum absolute atomic E-state index is 0.257. The van der Waals surface area contributed by atoms with E-state index in [2.05, 4.69) is 6.92 Å². The van der Waals surface area contributed by atoms with Crippen molar-refractivity contribution in [1.82, 2.24) is 0 Å². The van der Waals surface area contributed by atoms with Crippen molar-refractivity contribution in [2.75, 3.05) is 33.0 Å². The maximum atomic E-state index is 11.4. The average Bonchev–Trinajstić information content (AvgIpc) is 2.52. The molecule has 0 aromatic heterocycles. The predicted molar refractivity (Wildman–Crippen MR) is 83.0 cm³/mol. The summed E-state index contributed by atoms with van der Waals surface area (Å²) in [5.74, 6) is -0.360. The number of unbranched alkanes of at least 4 members (excludes halogenated alkanes) is 1. The van der Waals surface area contributed by atoms with Crippen molar-refractivity contribution in [2.24, 2.45) is 0 Å². The minimum Gasteiger partial charge on any atom is -0.460 e. The van der Waals surface area contributed by atoms with Gasteiger partial charge in [0.1, 0.15) is 6.61 Å². The van der Waals surface area contributed by atoms with Crippen LogP contribution in [0.4, 0.5) is 0 Å². The number of hydrogen-bond donors (Lipinski definition) is 0. The van der Waals surface area contributed by atoms with Crippen molar-refractivity contribution in [3.8, 4) is 0 Å². The normalized spacial score (nSPS) is 10.9. The topological polar surface area (TPSA) is 44.8 Å². The number of esters is 1. The van der Waals surface area contributed by atoms with Gasteiger partial charge in [-0.15, -0.1) is 0 Å². The molecular weight excluding hydrogens is 268 g/mol. The molecule has 0 amide bonds. The van der Waals surface area contributed by atoms with Gasteiger partial charge in [-0.3, -0.25) is 0 Å². The van der Waals surface area contributed by atoms with E-state index in [9.17, 15) is 4.79 Å². The van der Waals surface area contributed by atoms with Crippen molar-refractivity contribution in [3.05, 3.63) is 42.0 Å². The Morgan fingerprint density at radius 2 is 1.67 bits per heavy atom. The van der Waals surface area contributed by atoms with Gasteiger partial charge >= 0.3 is 5.97 Å². The molecule has 0 saturated carbocycles. The maximum absolute atomic E-state index is 11.4. The van der Waals surface area contributed by atoms with E-state index in [0.717, 1.165) is 25.0 Å². The molecule has 4 nitrogen and oxygen atoms in total. The minimum atomic E-state index is -0.360. The van der Waals surface area contributed by atoms with Crippen LogP contribution < -0.4 is 0 Å². The molecular formula is C17H24O4. The van der Waals surface area contributed by atoms with E-state index in [4.69, 9.17) is 14.2 Å². The summed E-state index contributed by atoms with van der Waals surface area (Å²) in [7, 11) is 0. The van der Waals surface area contributed by atoms with E-state index >= 15 is 0 Å². The molecule has 1 rings (SSSR count). The number of carbonyl (C=O) groups excluding carboxylic acids is 1. The van der Waals surface area contributed by atoms with Crippen molar-refractivity contribution < 1.29 is 19.0 Å². The Kier molecular flexibility index (Phi) is 10.0. The van der Waals surface area contributed by atoms with Crippen LogP contribution in [0.1, 0.15) is 25.3 Å². The highest BCUT2D eigenvalue weighted by Crippen LogP contribution is 2.01. The second-order valence-corrected chi connectivity index (χ2v) is 4.49. The molecule has 1 aromatic carbocycles. The number of carbonyl (C=O) groups is 1. The molecule has 0 N–H and O–H groups in total. The maximum Gasteiger partial charge on any atom is 0.330 e. The van der Waals surface area contributed by atoms with E-state index in [-0.39, 0.29) is 12.6 Å². The lowest BCUT2D eigenvalue weighted by molar-refractivity contribution is -0.139. The third kappa shape index (κ3) is 9.82. The average molecular weight is 292 g/mol. The summed E-state index contributed by atoms with van der Waals surface area (Å²) in [5, 5.41) is 0. The lowest BCUT2D eigenvalue weighted by Crippen LogP contribution is -2.11. The van der Waals surface area contributed by atoms with Crippen LogP contribution in [-0.4, -0.2) is 39.0 Å². The third-order valence-corrected chi connectivity index (χ3v) is 2.70. The Morgan fingerprint density at radius 3 is 2.38 bits per heavy atom. The molecule has 0 aliphatic rings. The zero-order valence-corrected chi connectivity index (χ0v) is 12.6. The van der Waals surface area contributed by atoms with Crippen LogP contribution in [0.5, 0.6) is 0 Å². The molecule has 4 heteroatoms. The number of hydrogen-bond acceptors (Lipinski definition) is 4. The highest BCUT2D eigenvalue weighted by Gasteiger charge is 1.97. The Morgan fingerprint density at radius 1 is 1.00 bits per heavy atom. The van der Waals surface area contributed by atoms with Crippen LogP contribution >= 0.6 is 0 Å². The lowest BCUT2D eigenvalue weighted by Gasteiger charge is -2.05. The first-order valence-electron chi connectivity index (χ1n) is 7.38. The largest absolute Gasteiger partial charge is 0.460 e. The van der Waals surface area contributed by atoms with Crippen LogP contribution in [-0.2, 0) is 19.0 Å². The third-order valence-electron chi connectivity index (χ3n) is 2.70. The van der Waals surface area contributed by atoms with Crippen LogP contribution in [0, 0.1) is 0 Å². The van der Waals surface area contributed by atoms with E-state index in [1.54, 1.807) is 6.08 Å². The molecule has 0 radical (unpaired) electrons.